The van der Waals surface area contributed by atoms with Gasteiger partial charge in [0.15, 0.2) is 0 Å². The van der Waals surface area contributed by atoms with Gasteiger partial charge >= 0.3 is 0 Å². The van der Waals surface area contributed by atoms with Crippen LogP contribution in [0.15, 0.2) is 18.2 Å². The maximum absolute atomic E-state index is 10.5. The molecule has 26 heavy (non-hydrogen) atoms. The van der Waals surface area contributed by atoms with Gasteiger partial charge in [-0.25, -0.2) is 0 Å². The Morgan fingerprint density at radius 2 is 1.54 bits per heavy atom. The van der Waals surface area contributed by atoms with E-state index in [4.69, 9.17) is 4.74 Å². The van der Waals surface area contributed by atoms with Crippen LogP contribution in [0.3, 0.4) is 0 Å². The molecule has 148 valence electrons. The first-order valence-electron chi connectivity index (χ1n) is 10.3. The Morgan fingerprint density at radius 3 is 2.15 bits per heavy atom. The van der Waals surface area contributed by atoms with Gasteiger partial charge in [-0.2, -0.15) is 0 Å². The molecular formula is C24H40O2. The monoisotopic (exact) mass is 360 g/mol. The first-order chi connectivity index (χ1) is 12.1. The topological polar surface area (TPSA) is 26.3 Å². The van der Waals surface area contributed by atoms with Gasteiger partial charge in [0.05, 0.1) is 0 Å². The van der Waals surface area contributed by atoms with Crippen molar-refractivity contribution < 1.29 is 9.53 Å². The van der Waals surface area contributed by atoms with Crippen LogP contribution in [0.2, 0.25) is 0 Å². The Labute approximate surface area is 161 Å². The van der Waals surface area contributed by atoms with Crippen molar-refractivity contribution in [2.75, 3.05) is 0 Å². The van der Waals surface area contributed by atoms with Crippen LogP contribution in [0.5, 0.6) is 0 Å². The molecule has 2 heteroatoms. The van der Waals surface area contributed by atoms with E-state index in [2.05, 4.69) is 45.9 Å². The van der Waals surface area contributed by atoms with E-state index in [0.29, 0.717) is 11.9 Å². The predicted octanol–water partition coefficient (Wildman–Crippen LogP) is 6.81. The van der Waals surface area contributed by atoms with Gasteiger partial charge in [0.25, 0.3) is 6.47 Å². The normalized spacial score (nSPS) is 12.2. The highest BCUT2D eigenvalue weighted by atomic mass is 16.5. The second-order valence-electron chi connectivity index (χ2n) is 9.56. The Balaban J connectivity index is 2.32. The molecule has 1 aromatic carbocycles. The highest BCUT2D eigenvalue weighted by molar-refractivity contribution is 5.38. The van der Waals surface area contributed by atoms with Gasteiger partial charge in [0.1, 0.15) is 5.60 Å². The molecule has 0 heterocycles. The predicted molar refractivity (Wildman–Crippen MR) is 112 cm³/mol. The summed E-state index contributed by atoms with van der Waals surface area (Å²) in [4.78, 5) is 10.5. The number of unbranched alkanes of at least 4 members (excludes halogenated alkanes) is 3. The molecule has 0 atom stereocenters. The van der Waals surface area contributed by atoms with Crippen molar-refractivity contribution in [1.29, 1.82) is 0 Å². The second-order valence-corrected chi connectivity index (χ2v) is 9.56. The van der Waals surface area contributed by atoms with Crippen molar-refractivity contribution in [2.45, 2.75) is 105 Å². The molecule has 0 aliphatic rings. The van der Waals surface area contributed by atoms with Crippen molar-refractivity contribution in [1.82, 2.24) is 0 Å². The van der Waals surface area contributed by atoms with E-state index in [1.807, 2.05) is 13.8 Å². The number of hydrogen-bond acceptors (Lipinski definition) is 2. The van der Waals surface area contributed by atoms with Crippen molar-refractivity contribution in [3.05, 3.63) is 34.9 Å². The van der Waals surface area contributed by atoms with E-state index in [1.165, 1.54) is 48.8 Å². The highest BCUT2D eigenvalue weighted by Crippen LogP contribution is 2.23. The summed E-state index contributed by atoms with van der Waals surface area (Å²) < 4.78 is 5.11. The van der Waals surface area contributed by atoms with Crippen LogP contribution in [-0.2, 0) is 22.4 Å². The van der Waals surface area contributed by atoms with Gasteiger partial charge in [-0.1, -0.05) is 51.8 Å². The molecule has 0 unspecified atom stereocenters. The second kappa shape index (κ2) is 10.7. The molecule has 0 aliphatic carbocycles. The largest absolute Gasteiger partial charge is 0.462 e. The van der Waals surface area contributed by atoms with E-state index >= 15 is 0 Å². The van der Waals surface area contributed by atoms with E-state index in [1.54, 1.807) is 0 Å². The SMILES string of the molecule is Cc1cc(CCCCC(C)(C)OC=O)ccc1CCCCCC(C)(C)C. The fourth-order valence-electron chi connectivity index (χ4n) is 3.41. The maximum Gasteiger partial charge on any atom is 0.293 e. The average molecular weight is 361 g/mol. The summed E-state index contributed by atoms with van der Waals surface area (Å²) in [5, 5.41) is 0. The minimum Gasteiger partial charge on any atom is -0.462 e. The summed E-state index contributed by atoms with van der Waals surface area (Å²) >= 11 is 0. The summed E-state index contributed by atoms with van der Waals surface area (Å²) in [6.07, 6.45) is 10.7. The third-order valence-corrected chi connectivity index (χ3v) is 5.14. The number of rotatable bonds is 12. The Kier molecular flexibility index (Phi) is 9.39. The number of ether oxygens (including phenoxy) is 1. The first kappa shape index (κ1) is 22.7. The van der Waals surface area contributed by atoms with Gasteiger partial charge in [-0.3, -0.25) is 4.79 Å². The van der Waals surface area contributed by atoms with Crippen LogP contribution in [0.25, 0.3) is 0 Å². The fourth-order valence-corrected chi connectivity index (χ4v) is 3.41. The van der Waals surface area contributed by atoms with Crippen LogP contribution in [0.1, 0.15) is 96.3 Å². The molecule has 0 aliphatic heterocycles. The molecule has 0 saturated heterocycles. The van der Waals surface area contributed by atoms with Gasteiger partial charge in [0.2, 0.25) is 0 Å². The van der Waals surface area contributed by atoms with Crippen molar-refractivity contribution in [3.8, 4) is 0 Å². The third-order valence-electron chi connectivity index (χ3n) is 5.14. The summed E-state index contributed by atoms with van der Waals surface area (Å²) in [7, 11) is 0. The highest BCUT2D eigenvalue weighted by Gasteiger charge is 2.17. The van der Waals surface area contributed by atoms with Crippen LogP contribution in [0.4, 0.5) is 0 Å². The van der Waals surface area contributed by atoms with E-state index in [0.717, 1.165) is 25.7 Å². The fraction of sp³-hybridized carbons (Fsp3) is 0.708. The summed E-state index contributed by atoms with van der Waals surface area (Å²) in [5.41, 5.74) is 4.49. The molecule has 0 saturated carbocycles. The summed E-state index contributed by atoms with van der Waals surface area (Å²) in [6, 6.07) is 6.98. The molecular weight excluding hydrogens is 320 g/mol. The molecule has 0 amide bonds. The number of carbonyl (C=O) groups is 1. The zero-order valence-electron chi connectivity index (χ0n) is 18.0. The Bertz CT molecular complexity index is 538. The average Bonchev–Trinajstić information content (AvgIpc) is 2.52. The lowest BCUT2D eigenvalue weighted by atomic mass is 9.89. The van der Waals surface area contributed by atoms with E-state index in [-0.39, 0.29) is 5.60 Å². The minimum atomic E-state index is -0.339. The molecule has 0 fully saturated rings. The molecule has 0 radical (unpaired) electrons. The summed E-state index contributed by atoms with van der Waals surface area (Å²) in [6.45, 7) is 13.7. The standard InChI is InChI=1S/C24H40O2/c1-20-18-21(12-9-11-17-24(5,6)26-19-25)14-15-22(20)13-8-7-10-16-23(2,3)4/h14-15,18-19H,7-13,16-17H2,1-6H3. The third kappa shape index (κ3) is 9.99. The lowest BCUT2D eigenvalue weighted by Gasteiger charge is -2.22. The lowest BCUT2D eigenvalue weighted by Crippen LogP contribution is -2.23. The zero-order valence-corrected chi connectivity index (χ0v) is 18.0. The molecule has 0 N–H and O–H groups in total. The van der Waals surface area contributed by atoms with Crippen LogP contribution < -0.4 is 0 Å². The van der Waals surface area contributed by atoms with Crippen molar-refractivity contribution >= 4 is 6.47 Å². The van der Waals surface area contributed by atoms with Gasteiger partial charge in [-0.15, -0.1) is 0 Å². The number of benzene rings is 1. The van der Waals surface area contributed by atoms with Crippen LogP contribution >= 0.6 is 0 Å². The molecule has 0 bridgehead atoms. The minimum absolute atomic E-state index is 0.339. The van der Waals surface area contributed by atoms with Crippen LogP contribution in [-0.4, -0.2) is 12.1 Å². The molecule has 0 aromatic heterocycles. The van der Waals surface area contributed by atoms with E-state index in [9.17, 15) is 4.79 Å². The number of aryl methyl sites for hydroxylation is 3. The summed E-state index contributed by atoms with van der Waals surface area (Å²) in [5.74, 6) is 0. The first-order valence-corrected chi connectivity index (χ1v) is 10.3. The number of hydrogen-bond donors (Lipinski definition) is 0. The van der Waals surface area contributed by atoms with Gasteiger partial charge < -0.3 is 4.74 Å². The smallest absolute Gasteiger partial charge is 0.293 e. The maximum atomic E-state index is 10.5. The Morgan fingerprint density at radius 1 is 0.885 bits per heavy atom. The van der Waals surface area contributed by atoms with Crippen molar-refractivity contribution in [3.63, 3.8) is 0 Å². The van der Waals surface area contributed by atoms with Crippen molar-refractivity contribution in [2.24, 2.45) is 5.41 Å². The van der Waals surface area contributed by atoms with E-state index < -0.39 is 0 Å². The van der Waals surface area contributed by atoms with Crippen LogP contribution in [0, 0.1) is 12.3 Å². The molecule has 1 aromatic rings. The molecule has 2 nitrogen and oxygen atoms in total. The van der Waals surface area contributed by atoms with Gasteiger partial charge in [-0.05, 0) is 87.8 Å². The molecule has 0 spiro atoms. The quantitative estimate of drug-likeness (QED) is 0.302. The Hall–Kier alpha value is -1.31. The van der Waals surface area contributed by atoms with Gasteiger partial charge in [0, 0.05) is 0 Å². The molecule has 1 rings (SSSR count). The number of carbonyl (C=O) groups excluding carboxylic acids is 1. The lowest BCUT2D eigenvalue weighted by molar-refractivity contribution is -0.140. The zero-order chi connectivity index (χ0) is 19.6.